The van der Waals surface area contributed by atoms with Crippen LogP contribution in [0.5, 0.6) is 0 Å². The van der Waals surface area contributed by atoms with E-state index < -0.39 is 5.91 Å². The monoisotopic (exact) mass is 392 g/mol. The second-order valence-corrected chi connectivity index (χ2v) is 7.08. The molecular formula is C22H21ClN4O. The largest absolute Gasteiger partial charge is 0.316 e. The normalized spacial score (nSPS) is 11.4. The second-order valence-electron chi connectivity index (χ2n) is 6.68. The maximum atomic E-state index is 12.6. The highest BCUT2D eigenvalue weighted by atomic mass is 35.5. The fourth-order valence-electron chi connectivity index (χ4n) is 3.25. The summed E-state index contributed by atoms with van der Waals surface area (Å²) in [6.07, 6.45) is 1.61. The Hall–Kier alpha value is -3.23. The fourth-order valence-corrected chi connectivity index (χ4v) is 3.47. The van der Waals surface area contributed by atoms with Crippen molar-refractivity contribution in [3.05, 3.63) is 81.4 Å². The van der Waals surface area contributed by atoms with Crippen LogP contribution in [0.2, 0.25) is 5.02 Å². The van der Waals surface area contributed by atoms with Crippen LogP contribution in [0.25, 0.3) is 11.8 Å². The predicted octanol–water partition coefficient (Wildman–Crippen LogP) is 4.84. The van der Waals surface area contributed by atoms with Gasteiger partial charge in [0.25, 0.3) is 5.91 Å². The number of benzene rings is 1. The Bertz CT molecular complexity index is 1110. The topological polar surface area (TPSA) is 62.8 Å². The Balaban J connectivity index is 1.98. The van der Waals surface area contributed by atoms with Gasteiger partial charge in [-0.1, -0.05) is 23.7 Å². The zero-order chi connectivity index (χ0) is 20.4. The third-order valence-electron chi connectivity index (χ3n) is 4.71. The molecule has 0 atom stereocenters. The number of hydrogen-bond acceptors (Lipinski definition) is 2. The van der Waals surface area contributed by atoms with Crippen LogP contribution in [0.15, 0.2) is 48.0 Å². The molecule has 0 aliphatic carbocycles. The van der Waals surface area contributed by atoms with Crippen LogP contribution in [-0.2, 0) is 4.79 Å². The average Bonchev–Trinajstić information content (AvgIpc) is 3.12. The smallest absolute Gasteiger partial charge is 0.280 e. The molecule has 28 heavy (non-hydrogen) atoms. The lowest BCUT2D eigenvalue weighted by Crippen LogP contribution is -2.25. The summed E-state index contributed by atoms with van der Waals surface area (Å²) in [7, 11) is 0. The van der Waals surface area contributed by atoms with Crippen LogP contribution < -0.4 is 5.43 Å². The number of para-hydroxylation sites is 1. The number of rotatable bonds is 4. The van der Waals surface area contributed by atoms with Crippen LogP contribution in [0.3, 0.4) is 0 Å². The summed E-state index contributed by atoms with van der Waals surface area (Å²) >= 11 is 6.35. The van der Waals surface area contributed by atoms with E-state index in [4.69, 9.17) is 11.6 Å². The predicted molar refractivity (Wildman–Crippen MR) is 112 cm³/mol. The quantitative estimate of drug-likeness (QED) is 0.510. The molecule has 5 nitrogen and oxygen atoms in total. The number of carbonyl (C=O) groups is 1. The zero-order valence-corrected chi connectivity index (χ0v) is 17.0. The van der Waals surface area contributed by atoms with Gasteiger partial charge in [-0.3, -0.25) is 14.9 Å². The van der Waals surface area contributed by atoms with Crippen molar-refractivity contribution in [2.75, 3.05) is 5.43 Å². The summed E-state index contributed by atoms with van der Waals surface area (Å²) in [6.45, 7) is 7.68. The van der Waals surface area contributed by atoms with Crippen LogP contribution in [0.4, 0.5) is 0 Å². The van der Waals surface area contributed by atoms with Gasteiger partial charge in [0.05, 0.1) is 10.7 Å². The van der Waals surface area contributed by atoms with Gasteiger partial charge in [-0.05, 0) is 69.7 Å². The van der Waals surface area contributed by atoms with Crippen molar-refractivity contribution < 1.29 is 4.79 Å². The van der Waals surface area contributed by atoms with Crippen molar-refractivity contribution in [1.29, 1.82) is 5.26 Å². The minimum Gasteiger partial charge on any atom is -0.316 e. The molecule has 0 aliphatic rings. The number of aromatic nitrogens is 2. The first-order chi connectivity index (χ1) is 13.3. The van der Waals surface area contributed by atoms with E-state index in [1.54, 1.807) is 10.8 Å². The number of carbonyl (C=O) groups excluding carboxylic acids is 1. The van der Waals surface area contributed by atoms with Crippen LogP contribution in [0, 0.1) is 39.0 Å². The van der Waals surface area contributed by atoms with Gasteiger partial charge in [0.2, 0.25) is 0 Å². The van der Waals surface area contributed by atoms with Crippen molar-refractivity contribution in [3.8, 4) is 11.8 Å². The van der Waals surface area contributed by atoms with Crippen molar-refractivity contribution in [2.24, 2.45) is 0 Å². The number of nitrogens with one attached hydrogen (secondary N) is 1. The summed E-state index contributed by atoms with van der Waals surface area (Å²) in [6, 6.07) is 15.3. The number of aryl methyl sites for hydroxylation is 3. The Kier molecular flexibility index (Phi) is 5.43. The van der Waals surface area contributed by atoms with E-state index in [1.165, 1.54) is 0 Å². The molecule has 0 fully saturated rings. The number of nitriles is 1. The van der Waals surface area contributed by atoms with Crippen molar-refractivity contribution in [3.63, 3.8) is 0 Å². The van der Waals surface area contributed by atoms with Gasteiger partial charge in [0.15, 0.2) is 0 Å². The summed E-state index contributed by atoms with van der Waals surface area (Å²) in [5, 5.41) is 10.2. The fraction of sp³-hybridized carbons (Fsp3) is 0.182. The van der Waals surface area contributed by atoms with E-state index >= 15 is 0 Å². The minimum atomic E-state index is -0.451. The van der Waals surface area contributed by atoms with E-state index in [-0.39, 0.29) is 5.57 Å². The van der Waals surface area contributed by atoms with Gasteiger partial charge in [0, 0.05) is 22.8 Å². The molecular weight excluding hydrogens is 372 g/mol. The van der Waals surface area contributed by atoms with Gasteiger partial charge < -0.3 is 4.57 Å². The molecule has 0 radical (unpaired) electrons. The van der Waals surface area contributed by atoms with Crippen molar-refractivity contribution >= 4 is 23.6 Å². The summed E-state index contributed by atoms with van der Waals surface area (Å²) < 4.78 is 3.68. The molecule has 0 bridgehead atoms. The zero-order valence-electron chi connectivity index (χ0n) is 16.2. The highest BCUT2D eigenvalue weighted by molar-refractivity contribution is 6.32. The SMILES string of the molecule is Cc1ccc(C)n1NC(=O)/C(C#N)=C\c1cc(C)n(-c2ccccc2Cl)c1C. The minimum absolute atomic E-state index is 0.0342. The van der Waals surface area contributed by atoms with E-state index in [2.05, 4.69) is 5.43 Å². The van der Waals surface area contributed by atoms with Gasteiger partial charge in [0.1, 0.15) is 11.6 Å². The Morgan fingerprint density at radius 1 is 1.07 bits per heavy atom. The number of hydrogen-bond donors (Lipinski definition) is 1. The summed E-state index contributed by atoms with van der Waals surface area (Å²) in [4.78, 5) is 12.6. The standard InChI is InChI=1S/C22H21ClN4O/c1-14-9-10-15(2)27(14)25-22(28)19(13-24)12-18-11-16(3)26(17(18)4)21-8-6-5-7-20(21)23/h5-12H,1-4H3,(H,25,28)/b19-12-. The third-order valence-corrected chi connectivity index (χ3v) is 5.03. The third kappa shape index (κ3) is 3.60. The Morgan fingerprint density at radius 3 is 2.32 bits per heavy atom. The van der Waals surface area contributed by atoms with Crippen molar-refractivity contribution in [1.82, 2.24) is 9.24 Å². The van der Waals surface area contributed by atoms with Crippen LogP contribution in [-0.4, -0.2) is 15.2 Å². The lowest BCUT2D eigenvalue weighted by molar-refractivity contribution is -0.113. The molecule has 1 aromatic carbocycles. The molecule has 6 heteroatoms. The maximum absolute atomic E-state index is 12.6. The Morgan fingerprint density at radius 2 is 1.71 bits per heavy atom. The molecule has 3 rings (SSSR count). The molecule has 1 amide bonds. The van der Waals surface area contributed by atoms with Gasteiger partial charge in [-0.15, -0.1) is 0 Å². The first kappa shape index (κ1) is 19.5. The highest BCUT2D eigenvalue weighted by Gasteiger charge is 2.16. The maximum Gasteiger partial charge on any atom is 0.280 e. The van der Waals surface area contributed by atoms with E-state index in [1.807, 2.05) is 80.8 Å². The van der Waals surface area contributed by atoms with E-state index in [0.717, 1.165) is 34.0 Å². The second kappa shape index (κ2) is 7.79. The highest BCUT2D eigenvalue weighted by Crippen LogP contribution is 2.27. The average molecular weight is 393 g/mol. The van der Waals surface area contributed by atoms with Crippen molar-refractivity contribution in [2.45, 2.75) is 27.7 Å². The lowest BCUT2D eigenvalue weighted by Gasteiger charge is -2.12. The van der Waals surface area contributed by atoms with Crippen LogP contribution >= 0.6 is 11.6 Å². The summed E-state index contributed by atoms with van der Waals surface area (Å²) in [5.74, 6) is -0.451. The number of amides is 1. The molecule has 2 aromatic heterocycles. The molecule has 0 unspecified atom stereocenters. The Labute approximate surface area is 169 Å². The molecule has 0 spiro atoms. The molecule has 0 saturated heterocycles. The van der Waals surface area contributed by atoms with Crippen LogP contribution in [0.1, 0.15) is 28.3 Å². The van der Waals surface area contributed by atoms with E-state index in [0.29, 0.717) is 5.02 Å². The van der Waals surface area contributed by atoms with Gasteiger partial charge >= 0.3 is 0 Å². The number of halogens is 1. The van der Waals surface area contributed by atoms with Gasteiger partial charge in [-0.2, -0.15) is 5.26 Å². The molecule has 0 aliphatic heterocycles. The molecule has 3 aromatic rings. The molecule has 1 N–H and O–H groups in total. The first-order valence-electron chi connectivity index (χ1n) is 8.85. The van der Waals surface area contributed by atoms with Gasteiger partial charge in [-0.25, -0.2) is 0 Å². The molecule has 2 heterocycles. The van der Waals surface area contributed by atoms with E-state index in [9.17, 15) is 10.1 Å². The summed E-state index contributed by atoms with van der Waals surface area (Å²) in [5.41, 5.74) is 8.11. The lowest BCUT2D eigenvalue weighted by atomic mass is 10.1. The molecule has 142 valence electrons. The molecule has 0 saturated carbocycles. The number of nitrogens with zero attached hydrogens (tertiary/aromatic N) is 3. The first-order valence-corrected chi connectivity index (χ1v) is 9.23.